The van der Waals surface area contributed by atoms with Crippen LogP contribution < -0.4 is 0 Å². The van der Waals surface area contributed by atoms with Gasteiger partial charge in [0.15, 0.2) is 5.90 Å². The lowest BCUT2D eigenvalue weighted by Gasteiger charge is -2.11. The van der Waals surface area contributed by atoms with E-state index in [2.05, 4.69) is 27.0 Å². The van der Waals surface area contributed by atoms with Gasteiger partial charge in [-0.05, 0) is 17.7 Å². The Morgan fingerprint density at radius 2 is 2.39 bits per heavy atom. The van der Waals surface area contributed by atoms with Crippen molar-refractivity contribution in [1.29, 1.82) is 0 Å². The molecular formula is C13H14BrNO3. The van der Waals surface area contributed by atoms with Crippen LogP contribution in [0.2, 0.25) is 0 Å². The number of hydrogen-bond donors (Lipinski definition) is 1. The topological polar surface area (TPSA) is 58.9 Å². The second kappa shape index (κ2) is 6.00. The van der Waals surface area contributed by atoms with Gasteiger partial charge in [0.05, 0.1) is 13.0 Å². The SMILES string of the molecule is O=C(O)CCC1=NCC(Cc2cccc(Br)c2)O1. The first kappa shape index (κ1) is 13.1. The van der Waals surface area contributed by atoms with Gasteiger partial charge in [-0.1, -0.05) is 28.1 Å². The molecule has 1 aromatic rings. The first-order valence-corrected chi connectivity index (χ1v) is 6.59. The highest BCUT2D eigenvalue weighted by molar-refractivity contribution is 9.10. The number of aliphatic carboxylic acids is 1. The smallest absolute Gasteiger partial charge is 0.303 e. The Morgan fingerprint density at radius 1 is 1.56 bits per heavy atom. The van der Waals surface area contributed by atoms with Gasteiger partial charge >= 0.3 is 5.97 Å². The second-order valence-corrected chi connectivity index (χ2v) is 5.12. The van der Waals surface area contributed by atoms with Crippen LogP contribution in [0.3, 0.4) is 0 Å². The average Bonchev–Trinajstić information content (AvgIpc) is 2.74. The van der Waals surface area contributed by atoms with Gasteiger partial charge in [0.1, 0.15) is 6.10 Å². The molecule has 0 spiro atoms. The maximum absolute atomic E-state index is 10.5. The molecule has 1 N–H and O–H groups in total. The Bertz CT molecular complexity index is 473. The minimum atomic E-state index is -0.822. The summed E-state index contributed by atoms with van der Waals surface area (Å²) in [6, 6.07) is 8.07. The number of hydrogen-bond acceptors (Lipinski definition) is 3. The van der Waals surface area contributed by atoms with E-state index in [1.807, 2.05) is 18.2 Å². The third-order valence-electron chi connectivity index (χ3n) is 2.68. The normalized spacial score (nSPS) is 18.3. The second-order valence-electron chi connectivity index (χ2n) is 4.20. The zero-order chi connectivity index (χ0) is 13.0. The van der Waals surface area contributed by atoms with Crippen LogP contribution in [0, 0.1) is 0 Å². The van der Waals surface area contributed by atoms with Crippen LogP contribution in [0.1, 0.15) is 18.4 Å². The fraction of sp³-hybridized carbons (Fsp3) is 0.385. The van der Waals surface area contributed by atoms with E-state index < -0.39 is 5.97 Å². The van der Waals surface area contributed by atoms with Gasteiger partial charge < -0.3 is 9.84 Å². The standard InChI is InChI=1S/C13H14BrNO3/c14-10-3-1-2-9(6-10)7-11-8-15-12(18-11)4-5-13(16)17/h1-3,6,11H,4-5,7-8H2,(H,16,17). The van der Waals surface area contributed by atoms with Crippen molar-refractivity contribution in [2.75, 3.05) is 6.54 Å². The third-order valence-corrected chi connectivity index (χ3v) is 3.17. The van der Waals surface area contributed by atoms with Crippen LogP contribution in [0.5, 0.6) is 0 Å². The first-order chi connectivity index (χ1) is 8.63. The van der Waals surface area contributed by atoms with Gasteiger partial charge in [0.2, 0.25) is 0 Å². The fourth-order valence-electron chi connectivity index (χ4n) is 1.86. The largest absolute Gasteiger partial charge is 0.481 e. The number of aliphatic imine (C=N–C) groups is 1. The van der Waals surface area contributed by atoms with E-state index in [4.69, 9.17) is 9.84 Å². The quantitative estimate of drug-likeness (QED) is 0.909. The number of carboxylic acids is 1. The maximum atomic E-state index is 10.5. The highest BCUT2D eigenvalue weighted by Crippen LogP contribution is 2.17. The van der Waals surface area contributed by atoms with Crippen molar-refractivity contribution >= 4 is 27.8 Å². The van der Waals surface area contributed by atoms with Crippen LogP contribution >= 0.6 is 15.9 Å². The van der Waals surface area contributed by atoms with Gasteiger partial charge in [-0.15, -0.1) is 0 Å². The Balaban J connectivity index is 1.82. The van der Waals surface area contributed by atoms with E-state index in [0.29, 0.717) is 18.9 Å². The van der Waals surface area contributed by atoms with Gasteiger partial charge in [0, 0.05) is 17.3 Å². The molecule has 1 atom stereocenters. The Kier molecular flexibility index (Phi) is 4.36. The summed E-state index contributed by atoms with van der Waals surface area (Å²) in [5.41, 5.74) is 1.18. The van der Waals surface area contributed by atoms with Crippen molar-refractivity contribution in [2.24, 2.45) is 4.99 Å². The number of carbonyl (C=O) groups is 1. The molecule has 1 aromatic carbocycles. The number of benzene rings is 1. The summed E-state index contributed by atoms with van der Waals surface area (Å²) in [6.45, 7) is 0.613. The van der Waals surface area contributed by atoms with Crippen molar-refractivity contribution in [1.82, 2.24) is 0 Å². The predicted octanol–water partition coefficient (Wildman–Crippen LogP) is 2.65. The van der Waals surface area contributed by atoms with E-state index in [1.54, 1.807) is 0 Å². The lowest BCUT2D eigenvalue weighted by Crippen LogP contribution is -2.16. The van der Waals surface area contributed by atoms with Gasteiger partial charge in [-0.2, -0.15) is 0 Å². The van der Waals surface area contributed by atoms with Crippen LogP contribution in [0.4, 0.5) is 0 Å². The summed E-state index contributed by atoms with van der Waals surface area (Å²) < 4.78 is 6.67. The third kappa shape index (κ3) is 3.84. The summed E-state index contributed by atoms with van der Waals surface area (Å²) in [4.78, 5) is 14.7. The Hall–Kier alpha value is -1.36. The molecule has 96 valence electrons. The number of ether oxygens (including phenoxy) is 1. The van der Waals surface area contributed by atoms with Gasteiger partial charge in [0.25, 0.3) is 0 Å². The molecule has 0 aromatic heterocycles. The molecule has 1 aliphatic rings. The van der Waals surface area contributed by atoms with Crippen LogP contribution in [-0.2, 0) is 16.0 Å². The highest BCUT2D eigenvalue weighted by Gasteiger charge is 2.20. The molecule has 0 saturated carbocycles. The molecule has 4 nitrogen and oxygen atoms in total. The number of rotatable bonds is 5. The molecule has 1 heterocycles. The van der Waals surface area contributed by atoms with Gasteiger partial charge in [-0.3, -0.25) is 9.79 Å². The average molecular weight is 312 g/mol. The summed E-state index contributed by atoms with van der Waals surface area (Å²) in [5.74, 6) is -0.255. The molecular weight excluding hydrogens is 298 g/mol. The van der Waals surface area contributed by atoms with E-state index in [9.17, 15) is 4.79 Å². The summed E-state index contributed by atoms with van der Waals surface area (Å²) >= 11 is 3.43. The molecule has 0 fully saturated rings. The zero-order valence-corrected chi connectivity index (χ0v) is 11.4. The number of carboxylic acid groups (broad SMARTS) is 1. The molecule has 0 amide bonds. The predicted molar refractivity (Wildman–Crippen MR) is 71.9 cm³/mol. The Labute approximate surface area is 114 Å². The number of nitrogens with zero attached hydrogens (tertiary/aromatic N) is 1. The molecule has 1 aliphatic heterocycles. The molecule has 0 bridgehead atoms. The molecule has 0 aliphatic carbocycles. The molecule has 1 unspecified atom stereocenters. The lowest BCUT2D eigenvalue weighted by atomic mass is 10.1. The fourth-order valence-corrected chi connectivity index (χ4v) is 2.30. The van der Waals surface area contributed by atoms with E-state index in [1.165, 1.54) is 5.56 Å². The van der Waals surface area contributed by atoms with Crippen LogP contribution in [0.15, 0.2) is 33.7 Å². The summed E-state index contributed by atoms with van der Waals surface area (Å²) in [6.07, 6.45) is 1.27. The number of halogens is 1. The van der Waals surface area contributed by atoms with E-state index >= 15 is 0 Å². The van der Waals surface area contributed by atoms with Gasteiger partial charge in [-0.25, -0.2) is 0 Å². The monoisotopic (exact) mass is 311 g/mol. The molecule has 2 rings (SSSR count). The molecule has 5 heteroatoms. The van der Waals surface area contributed by atoms with Crippen molar-refractivity contribution in [3.05, 3.63) is 34.3 Å². The first-order valence-electron chi connectivity index (χ1n) is 5.79. The van der Waals surface area contributed by atoms with Crippen molar-refractivity contribution in [3.63, 3.8) is 0 Å². The van der Waals surface area contributed by atoms with E-state index in [-0.39, 0.29) is 12.5 Å². The lowest BCUT2D eigenvalue weighted by molar-refractivity contribution is -0.136. The van der Waals surface area contributed by atoms with Crippen LogP contribution in [0.25, 0.3) is 0 Å². The summed E-state index contributed by atoms with van der Waals surface area (Å²) in [7, 11) is 0. The van der Waals surface area contributed by atoms with Crippen molar-refractivity contribution < 1.29 is 14.6 Å². The zero-order valence-electron chi connectivity index (χ0n) is 9.80. The molecule has 0 radical (unpaired) electrons. The van der Waals surface area contributed by atoms with Crippen molar-refractivity contribution in [3.8, 4) is 0 Å². The summed E-state index contributed by atoms with van der Waals surface area (Å²) in [5, 5.41) is 8.59. The molecule has 18 heavy (non-hydrogen) atoms. The Morgan fingerprint density at radius 3 is 3.11 bits per heavy atom. The van der Waals surface area contributed by atoms with Crippen LogP contribution in [-0.4, -0.2) is 29.6 Å². The van der Waals surface area contributed by atoms with Crippen molar-refractivity contribution in [2.45, 2.75) is 25.4 Å². The van der Waals surface area contributed by atoms with E-state index in [0.717, 1.165) is 10.9 Å². The highest BCUT2D eigenvalue weighted by atomic mass is 79.9. The minimum absolute atomic E-state index is 0.0306. The minimum Gasteiger partial charge on any atom is -0.481 e. The molecule has 0 saturated heterocycles. The maximum Gasteiger partial charge on any atom is 0.303 e.